The quantitative estimate of drug-likeness (QED) is 0.776. The highest BCUT2D eigenvalue weighted by Crippen LogP contribution is 2.32. The van der Waals surface area contributed by atoms with Crippen LogP contribution in [0.2, 0.25) is 0 Å². The number of aliphatic hydroxyl groups is 1. The van der Waals surface area contributed by atoms with Crippen molar-refractivity contribution in [2.45, 2.75) is 65.0 Å². The fourth-order valence-corrected chi connectivity index (χ4v) is 2.62. The van der Waals surface area contributed by atoms with E-state index in [1.807, 2.05) is 0 Å². The predicted octanol–water partition coefficient (Wildman–Crippen LogP) is 2.66. The Morgan fingerprint density at radius 2 is 1.73 bits per heavy atom. The number of piperidine rings is 1. The number of hydrogen-bond acceptors (Lipinski definition) is 2. The molecule has 2 heteroatoms. The van der Waals surface area contributed by atoms with Crippen molar-refractivity contribution in [1.82, 2.24) is 4.90 Å². The molecule has 15 heavy (non-hydrogen) atoms. The molecule has 1 atom stereocenters. The summed E-state index contributed by atoms with van der Waals surface area (Å²) in [6.45, 7) is 11.0. The summed E-state index contributed by atoms with van der Waals surface area (Å²) in [5.41, 5.74) is -0.387. The summed E-state index contributed by atoms with van der Waals surface area (Å²) in [7, 11) is 0. The molecule has 0 radical (unpaired) electrons. The van der Waals surface area contributed by atoms with Crippen molar-refractivity contribution in [3.05, 3.63) is 0 Å². The molecule has 1 fully saturated rings. The maximum absolute atomic E-state index is 10.5. The van der Waals surface area contributed by atoms with Gasteiger partial charge in [-0.1, -0.05) is 20.3 Å². The van der Waals surface area contributed by atoms with Gasteiger partial charge in [0.2, 0.25) is 0 Å². The van der Waals surface area contributed by atoms with E-state index in [0.29, 0.717) is 12.0 Å². The van der Waals surface area contributed by atoms with Gasteiger partial charge < -0.3 is 10.0 Å². The zero-order valence-electron chi connectivity index (χ0n) is 10.8. The normalized spacial score (nSPS) is 24.4. The van der Waals surface area contributed by atoms with Gasteiger partial charge >= 0.3 is 0 Å². The molecule has 0 saturated carbocycles. The summed E-state index contributed by atoms with van der Waals surface area (Å²) in [6.07, 6.45) is 4.23. The summed E-state index contributed by atoms with van der Waals surface area (Å²) in [6, 6.07) is 0.621. The predicted molar refractivity (Wildman–Crippen MR) is 65.0 cm³/mol. The Morgan fingerprint density at radius 3 is 2.13 bits per heavy atom. The fourth-order valence-electron chi connectivity index (χ4n) is 2.62. The van der Waals surface area contributed by atoms with Gasteiger partial charge in [0.1, 0.15) is 0 Å². The summed E-state index contributed by atoms with van der Waals surface area (Å²) >= 11 is 0. The Kier molecular flexibility index (Phi) is 4.60. The van der Waals surface area contributed by atoms with Gasteiger partial charge in [0.15, 0.2) is 0 Å². The van der Waals surface area contributed by atoms with E-state index < -0.39 is 0 Å². The third-order valence-corrected chi connectivity index (χ3v) is 4.03. The minimum Gasteiger partial charge on any atom is -0.390 e. The van der Waals surface area contributed by atoms with E-state index in [1.165, 1.54) is 6.42 Å². The van der Waals surface area contributed by atoms with E-state index in [-0.39, 0.29) is 5.60 Å². The summed E-state index contributed by atoms with van der Waals surface area (Å²) in [5.74, 6) is 0.455. The Hall–Kier alpha value is -0.0800. The van der Waals surface area contributed by atoms with E-state index in [4.69, 9.17) is 0 Å². The molecule has 0 amide bonds. The highest BCUT2D eigenvalue weighted by atomic mass is 16.3. The van der Waals surface area contributed by atoms with Crippen molar-refractivity contribution in [1.29, 1.82) is 0 Å². The molecule has 0 aromatic rings. The average molecular weight is 213 g/mol. The lowest BCUT2D eigenvalue weighted by Gasteiger charge is -2.43. The molecule has 1 saturated heterocycles. The molecule has 0 spiro atoms. The third-order valence-electron chi connectivity index (χ3n) is 4.03. The molecular formula is C13H27NO. The zero-order valence-corrected chi connectivity index (χ0v) is 10.8. The van der Waals surface area contributed by atoms with E-state index in [2.05, 4.69) is 32.6 Å². The minimum absolute atomic E-state index is 0.387. The molecular weight excluding hydrogens is 186 g/mol. The van der Waals surface area contributed by atoms with Gasteiger partial charge in [-0.05, 0) is 39.0 Å². The minimum atomic E-state index is -0.387. The van der Waals surface area contributed by atoms with Crippen molar-refractivity contribution in [3.63, 3.8) is 0 Å². The van der Waals surface area contributed by atoms with E-state index in [1.54, 1.807) is 0 Å². The number of rotatable bonds is 4. The van der Waals surface area contributed by atoms with Crippen LogP contribution in [0.1, 0.15) is 53.4 Å². The molecule has 1 heterocycles. The first-order chi connectivity index (χ1) is 6.99. The molecule has 0 aromatic carbocycles. The Morgan fingerprint density at radius 1 is 1.20 bits per heavy atom. The van der Waals surface area contributed by atoms with E-state index in [0.717, 1.165) is 32.4 Å². The lowest BCUT2D eigenvalue weighted by Crippen LogP contribution is -2.49. The Labute approximate surface area is 94.7 Å². The molecule has 0 aliphatic carbocycles. The molecule has 1 unspecified atom stereocenters. The van der Waals surface area contributed by atoms with Crippen LogP contribution in [0.4, 0.5) is 0 Å². The third kappa shape index (κ3) is 3.18. The van der Waals surface area contributed by atoms with E-state index >= 15 is 0 Å². The number of likely N-dealkylation sites (tertiary alicyclic amines) is 1. The fraction of sp³-hybridized carbons (Fsp3) is 1.00. The van der Waals surface area contributed by atoms with Crippen molar-refractivity contribution >= 4 is 0 Å². The number of nitrogens with zero attached hydrogens (tertiary/aromatic N) is 1. The molecule has 0 bridgehead atoms. The van der Waals surface area contributed by atoms with Crippen molar-refractivity contribution in [2.24, 2.45) is 5.92 Å². The first kappa shape index (κ1) is 13.0. The summed E-state index contributed by atoms with van der Waals surface area (Å²) in [4.78, 5) is 2.47. The van der Waals surface area contributed by atoms with Gasteiger partial charge in [-0.25, -0.2) is 0 Å². The SMILES string of the molecule is CCCC(C)C1(O)CCN(C(C)C)CC1. The van der Waals surface area contributed by atoms with Gasteiger partial charge in [0.25, 0.3) is 0 Å². The topological polar surface area (TPSA) is 23.5 Å². The second-order valence-electron chi connectivity index (χ2n) is 5.42. The Balaban J connectivity index is 2.46. The van der Waals surface area contributed by atoms with Crippen LogP contribution in [0.25, 0.3) is 0 Å². The van der Waals surface area contributed by atoms with Gasteiger partial charge in [-0.15, -0.1) is 0 Å². The van der Waals surface area contributed by atoms with Gasteiger partial charge in [0, 0.05) is 19.1 Å². The first-order valence-electron chi connectivity index (χ1n) is 6.46. The molecule has 0 aromatic heterocycles. The standard InChI is InChI=1S/C13H27NO/c1-5-6-12(4)13(15)7-9-14(10-8-13)11(2)3/h11-12,15H,5-10H2,1-4H3. The average Bonchev–Trinajstić information content (AvgIpc) is 2.18. The van der Waals surface area contributed by atoms with Gasteiger partial charge in [0.05, 0.1) is 5.60 Å². The highest BCUT2D eigenvalue weighted by Gasteiger charge is 2.37. The first-order valence-corrected chi connectivity index (χ1v) is 6.46. The maximum Gasteiger partial charge on any atom is 0.0697 e. The van der Waals surface area contributed by atoms with Gasteiger partial charge in [-0.3, -0.25) is 0 Å². The summed E-state index contributed by atoms with van der Waals surface area (Å²) in [5, 5.41) is 10.5. The molecule has 1 aliphatic rings. The lowest BCUT2D eigenvalue weighted by atomic mass is 9.78. The zero-order chi connectivity index (χ0) is 11.5. The largest absolute Gasteiger partial charge is 0.390 e. The van der Waals surface area contributed by atoms with Crippen LogP contribution in [-0.2, 0) is 0 Å². The molecule has 1 N–H and O–H groups in total. The molecule has 2 nitrogen and oxygen atoms in total. The van der Waals surface area contributed by atoms with Crippen molar-refractivity contribution < 1.29 is 5.11 Å². The smallest absolute Gasteiger partial charge is 0.0697 e. The van der Waals surface area contributed by atoms with Crippen molar-refractivity contribution in [3.8, 4) is 0 Å². The monoisotopic (exact) mass is 213 g/mol. The maximum atomic E-state index is 10.5. The summed E-state index contributed by atoms with van der Waals surface area (Å²) < 4.78 is 0. The van der Waals surface area contributed by atoms with Crippen LogP contribution in [0.5, 0.6) is 0 Å². The Bertz CT molecular complexity index is 183. The van der Waals surface area contributed by atoms with E-state index in [9.17, 15) is 5.11 Å². The van der Waals surface area contributed by atoms with Crippen LogP contribution in [0, 0.1) is 5.92 Å². The highest BCUT2D eigenvalue weighted by molar-refractivity contribution is 4.90. The number of hydrogen-bond donors (Lipinski definition) is 1. The molecule has 1 aliphatic heterocycles. The van der Waals surface area contributed by atoms with Crippen LogP contribution in [-0.4, -0.2) is 34.7 Å². The second kappa shape index (κ2) is 5.31. The van der Waals surface area contributed by atoms with Crippen LogP contribution in [0.3, 0.4) is 0 Å². The van der Waals surface area contributed by atoms with Crippen LogP contribution in [0.15, 0.2) is 0 Å². The van der Waals surface area contributed by atoms with Crippen LogP contribution >= 0.6 is 0 Å². The van der Waals surface area contributed by atoms with Gasteiger partial charge in [-0.2, -0.15) is 0 Å². The van der Waals surface area contributed by atoms with Crippen molar-refractivity contribution in [2.75, 3.05) is 13.1 Å². The second-order valence-corrected chi connectivity index (χ2v) is 5.42. The molecule has 1 rings (SSSR count). The van der Waals surface area contributed by atoms with Crippen LogP contribution < -0.4 is 0 Å². The molecule has 90 valence electrons. The lowest BCUT2D eigenvalue weighted by molar-refractivity contribution is -0.0687.